The molecule has 5 heteroatoms. The number of ether oxygens (including phenoxy) is 2. The Kier molecular flexibility index (Phi) is 4.42. The Balaban J connectivity index is 2.08. The average molecular weight is 282 g/mol. The molecule has 2 rings (SSSR count). The number of nitrogens with two attached hydrogens (primary N) is 1. The summed E-state index contributed by atoms with van der Waals surface area (Å²) in [4.78, 5) is 12.1. The molecule has 5 nitrogen and oxygen atoms in total. The number of methoxy groups -OCH3 is 1. The standard InChI is InChI=1S/C16H14N2O3/c1-20-15-13(3-2-4-14(15)18)16(19)21-10-12-7-5-11(9-17)6-8-12/h2-8H,10,18H2,1H3. The van der Waals surface area contributed by atoms with Gasteiger partial charge in [0, 0.05) is 0 Å². The van der Waals surface area contributed by atoms with E-state index in [0.29, 0.717) is 17.0 Å². The van der Waals surface area contributed by atoms with Gasteiger partial charge in [0.15, 0.2) is 5.75 Å². The lowest BCUT2D eigenvalue weighted by atomic mass is 10.1. The molecule has 21 heavy (non-hydrogen) atoms. The third-order valence-corrected chi connectivity index (χ3v) is 2.92. The quantitative estimate of drug-likeness (QED) is 0.688. The fraction of sp³-hybridized carbons (Fsp3) is 0.125. The summed E-state index contributed by atoms with van der Waals surface area (Å²) in [6.07, 6.45) is 0. The molecular weight excluding hydrogens is 268 g/mol. The average Bonchev–Trinajstić information content (AvgIpc) is 2.52. The van der Waals surface area contributed by atoms with Gasteiger partial charge in [-0.1, -0.05) is 18.2 Å². The van der Waals surface area contributed by atoms with Gasteiger partial charge >= 0.3 is 5.97 Å². The molecule has 0 aliphatic carbocycles. The monoisotopic (exact) mass is 282 g/mol. The van der Waals surface area contributed by atoms with E-state index < -0.39 is 5.97 Å². The molecule has 0 unspecified atom stereocenters. The second-order valence-corrected chi connectivity index (χ2v) is 4.31. The number of nitriles is 1. The van der Waals surface area contributed by atoms with E-state index in [-0.39, 0.29) is 12.2 Å². The van der Waals surface area contributed by atoms with Gasteiger partial charge < -0.3 is 15.2 Å². The second-order valence-electron chi connectivity index (χ2n) is 4.31. The van der Waals surface area contributed by atoms with Gasteiger partial charge in [0.1, 0.15) is 12.2 Å². The van der Waals surface area contributed by atoms with Crippen molar-refractivity contribution in [1.29, 1.82) is 5.26 Å². The van der Waals surface area contributed by atoms with Crippen molar-refractivity contribution in [2.45, 2.75) is 6.61 Å². The van der Waals surface area contributed by atoms with Crippen molar-refractivity contribution in [2.75, 3.05) is 12.8 Å². The van der Waals surface area contributed by atoms with Crippen molar-refractivity contribution in [2.24, 2.45) is 0 Å². The molecule has 0 spiro atoms. The van der Waals surface area contributed by atoms with Crippen LogP contribution < -0.4 is 10.5 Å². The Morgan fingerprint density at radius 2 is 1.95 bits per heavy atom. The number of carbonyl (C=O) groups is 1. The largest absolute Gasteiger partial charge is 0.494 e. The first-order chi connectivity index (χ1) is 10.2. The molecule has 106 valence electrons. The highest BCUT2D eigenvalue weighted by Crippen LogP contribution is 2.26. The molecule has 0 saturated heterocycles. The number of esters is 1. The SMILES string of the molecule is COc1c(N)cccc1C(=O)OCc1ccc(C#N)cc1. The predicted molar refractivity (Wildman–Crippen MR) is 77.7 cm³/mol. The number of benzene rings is 2. The number of hydrogen-bond acceptors (Lipinski definition) is 5. The number of nitrogen functional groups attached to an aromatic ring is 1. The number of hydrogen-bond donors (Lipinski definition) is 1. The van der Waals surface area contributed by atoms with Crippen molar-refractivity contribution in [1.82, 2.24) is 0 Å². The van der Waals surface area contributed by atoms with Crippen LogP contribution in [0.25, 0.3) is 0 Å². The zero-order chi connectivity index (χ0) is 15.2. The van der Waals surface area contributed by atoms with Crippen LogP contribution in [-0.4, -0.2) is 13.1 Å². The smallest absolute Gasteiger partial charge is 0.342 e. The number of rotatable bonds is 4. The lowest BCUT2D eigenvalue weighted by molar-refractivity contribution is 0.0469. The minimum Gasteiger partial charge on any atom is -0.494 e. The summed E-state index contributed by atoms with van der Waals surface area (Å²) in [7, 11) is 1.45. The first-order valence-electron chi connectivity index (χ1n) is 6.24. The van der Waals surface area contributed by atoms with Crippen molar-refractivity contribution in [3.8, 4) is 11.8 Å². The number of carbonyl (C=O) groups excluding carboxylic acids is 1. The maximum absolute atomic E-state index is 12.1. The summed E-state index contributed by atoms with van der Waals surface area (Å²) in [5.41, 5.74) is 7.76. The molecule has 0 saturated carbocycles. The van der Waals surface area contributed by atoms with Gasteiger partial charge in [-0.25, -0.2) is 4.79 Å². The second kappa shape index (κ2) is 6.44. The Labute approximate surface area is 122 Å². The van der Waals surface area contributed by atoms with E-state index in [0.717, 1.165) is 5.56 Å². The number of nitrogens with zero attached hydrogens (tertiary/aromatic N) is 1. The van der Waals surface area contributed by atoms with Gasteiger partial charge in [0.25, 0.3) is 0 Å². The summed E-state index contributed by atoms with van der Waals surface area (Å²) in [6.45, 7) is 0.114. The lowest BCUT2D eigenvalue weighted by Crippen LogP contribution is -2.08. The summed E-state index contributed by atoms with van der Waals surface area (Å²) in [5, 5.41) is 8.72. The van der Waals surface area contributed by atoms with E-state index in [2.05, 4.69) is 0 Å². The van der Waals surface area contributed by atoms with Crippen LogP contribution in [0.5, 0.6) is 5.75 Å². The fourth-order valence-corrected chi connectivity index (χ4v) is 1.85. The minimum absolute atomic E-state index is 0.114. The molecule has 0 fully saturated rings. The molecule has 0 aromatic heterocycles. The first-order valence-corrected chi connectivity index (χ1v) is 6.24. The minimum atomic E-state index is -0.511. The van der Waals surface area contributed by atoms with Gasteiger partial charge in [-0.15, -0.1) is 0 Å². The van der Waals surface area contributed by atoms with Crippen LogP contribution in [0.1, 0.15) is 21.5 Å². The van der Waals surface area contributed by atoms with E-state index in [1.807, 2.05) is 6.07 Å². The fourth-order valence-electron chi connectivity index (χ4n) is 1.85. The van der Waals surface area contributed by atoms with Crippen molar-refractivity contribution >= 4 is 11.7 Å². The van der Waals surface area contributed by atoms with Crippen molar-refractivity contribution in [3.63, 3.8) is 0 Å². The third kappa shape index (κ3) is 3.31. The molecule has 0 heterocycles. The predicted octanol–water partition coefficient (Wildman–Crippen LogP) is 2.51. The maximum atomic E-state index is 12.1. The Morgan fingerprint density at radius 1 is 1.24 bits per heavy atom. The van der Waals surface area contributed by atoms with Crippen LogP contribution in [0, 0.1) is 11.3 Å². The van der Waals surface area contributed by atoms with Crippen LogP contribution in [0.15, 0.2) is 42.5 Å². The Bertz CT molecular complexity index is 688. The molecule has 0 atom stereocenters. The van der Waals surface area contributed by atoms with E-state index in [1.165, 1.54) is 7.11 Å². The van der Waals surface area contributed by atoms with Gasteiger partial charge in [-0.3, -0.25) is 0 Å². The molecule has 2 N–H and O–H groups in total. The molecule has 0 radical (unpaired) electrons. The number of anilines is 1. The van der Waals surface area contributed by atoms with Crippen LogP contribution in [0.2, 0.25) is 0 Å². The van der Waals surface area contributed by atoms with Crippen LogP contribution in [0.3, 0.4) is 0 Å². The van der Waals surface area contributed by atoms with E-state index in [1.54, 1.807) is 42.5 Å². The molecule has 2 aromatic rings. The van der Waals surface area contributed by atoms with Crippen LogP contribution in [-0.2, 0) is 11.3 Å². The molecule has 0 amide bonds. The summed E-state index contributed by atoms with van der Waals surface area (Å²) < 4.78 is 10.3. The third-order valence-electron chi connectivity index (χ3n) is 2.92. The Hall–Kier alpha value is -3.00. The van der Waals surface area contributed by atoms with Gasteiger partial charge in [-0.05, 0) is 29.8 Å². The van der Waals surface area contributed by atoms with E-state index in [9.17, 15) is 4.79 Å². The highest BCUT2D eigenvalue weighted by atomic mass is 16.5. The van der Waals surface area contributed by atoms with Gasteiger partial charge in [-0.2, -0.15) is 5.26 Å². The zero-order valence-corrected chi connectivity index (χ0v) is 11.5. The first kappa shape index (κ1) is 14.4. The molecular formula is C16H14N2O3. The van der Waals surface area contributed by atoms with E-state index >= 15 is 0 Å². The topological polar surface area (TPSA) is 85.3 Å². The highest BCUT2D eigenvalue weighted by molar-refractivity contribution is 5.94. The normalized spacial score (nSPS) is 9.71. The molecule has 2 aromatic carbocycles. The van der Waals surface area contributed by atoms with Crippen molar-refractivity contribution < 1.29 is 14.3 Å². The van der Waals surface area contributed by atoms with Gasteiger partial charge in [0.05, 0.1) is 24.4 Å². The summed E-state index contributed by atoms with van der Waals surface area (Å²) in [6, 6.07) is 13.8. The summed E-state index contributed by atoms with van der Waals surface area (Å²) in [5.74, 6) is -0.203. The van der Waals surface area contributed by atoms with Crippen LogP contribution in [0.4, 0.5) is 5.69 Å². The van der Waals surface area contributed by atoms with Gasteiger partial charge in [0.2, 0.25) is 0 Å². The van der Waals surface area contributed by atoms with E-state index in [4.69, 9.17) is 20.5 Å². The molecule has 0 aliphatic rings. The highest BCUT2D eigenvalue weighted by Gasteiger charge is 2.15. The number of para-hydroxylation sites is 1. The lowest BCUT2D eigenvalue weighted by Gasteiger charge is -2.10. The Morgan fingerprint density at radius 3 is 2.57 bits per heavy atom. The zero-order valence-electron chi connectivity index (χ0n) is 11.5. The van der Waals surface area contributed by atoms with Crippen molar-refractivity contribution in [3.05, 3.63) is 59.2 Å². The van der Waals surface area contributed by atoms with Crippen LogP contribution >= 0.6 is 0 Å². The summed E-state index contributed by atoms with van der Waals surface area (Å²) >= 11 is 0. The molecule has 0 aliphatic heterocycles. The maximum Gasteiger partial charge on any atom is 0.342 e. The molecule has 0 bridgehead atoms.